The molecule has 0 saturated carbocycles. The van der Waals surface area contributed by atoms with E-state index in [0.717, 1.165) is 12.8 Å². The summed E-state index contributed by atoms with van der Waals surface area (Å²) in [6.45, 7) is 4.69. The lowest BCUT2D eigenvalue weighted by atomic mass is 9.84. The van der Waals surface area contributed by atoms with Gasteiger partial charge in [-0.3, -0.25) is 0 Å². The summed E-state index contributed by atoms with van der Waals surface area (Å²) >= 11 is 0. The van der Waals surface area contributed by atoms with Gasteiger partial charge in [0.05, 0.1) is 0 Å². The zero-order valence-electron chi connectivity index (χ0n) is 46.5. The Labute approximate surface area is 485 Å². The molecule has 0 atom stereocenters. The summed E-state index contributed by atoms with van der Waals surface area (Å²) in [7, 11) is 0. The molecule has 0 aromatic heterocycles. The highest BCUT2D eigenvalue weighted by Gasteiger charge is 2.36. The third-order valence-electron chi connectivity index (χ3n) is 20.3. The maximum atomic E-state index is 2.51. The largest absolute Gasteiger partial charge is 0.0622 e. The number of fused-ring (bicyclic) bond motifs is 16. The van der Waals surface area contributed by atoms with Gasteiger partial charge >= 0.3 is 0 Å². The number of hydrogen-bond donors (Lipinski definition) is 0. The van der Waals surface area contributed by atoms with Crippen LogP contribution >= 0.6 is 0 Å². The Morgan fingerprint density at radius 2 is 0.417 bits per heavy atom. The van der Waals surface area contributed by atoms with Crippen molar-refractivity contribution in [2.45, 2.75) is 26.7 Å². The molecule has 0 N–H and O–H groups in total. The topological polar surface area (TPSA) is 0 Å². The predicted octanol–water partition coefficient (Wildman–Crippen LogP) is 23.8. The smallest absolute Gasteiger partial charge is 0.000717 e. The van der Waals surface area contributed by atoms with E-state index in [1.54, 1.807) is 0 Å². The summed E-state index contributed by atoms with van der Waals surface area (Å²) in [6.07, 6.45) is 1.91. The summed E-state index contributed by atoms with van der Waals surface area (Å²) in [5.74, 6) is 0. The molecule has 0 bridgehead atoms. The molecule has 2 aliphatic carbocycles. The first kappa shape index (κ1) is 45.2. The van der Waals surface area contributed by atoms with E-state index in [4.69, 9.17) is 0 Å². The van der Waals surface area contributed by atoms with Crippen LogP contribution in [0.4, 0.5) is 0 Å². The molecule has 18 aromatic carbocycles. The fourth-order valence-electron chi connectivity index (χ4n) is 17.4. The predicted molar refractivity (Wildman–Crippen MR) is 362 cm³/mol. The first-order valence-electron chi connectivity index (χ1n) is 30.1. The van der Waals surface area contributed by atoms with Crippen molar-refractivity contribution in [1.29, 1.82) is 0 Å². The Morgan fingerprint density at radius 1 is 0.167 bits per heavy atom. The van der Waals surface area contributed by atoms with Crippen molar-refractivity contribution in [3.63, 3.8) is 0 Å². The second-order valence-corrected chi connectivity index (χ2v) is 23.9. The van der Waals surface area contributed by atoms with Gasteiger partial charge in [0.15, 0.2) is 0 Å². The minimum atomic E-state index is 0.948. The van der Waals surface area contributed by atoms with Crippen molar-refractivity contribution in [3.05, 3.63) is 254 Å². The zero-order chi connectivity index (χ0) is 54.8. The summed E-state index contributed by atoms with van der Waals surface area (Å²) in [4.78, 5) is 0. The molecule has 84 heavy (non-hydrogen) atoms. The second-order valence-electron chi connectivity index (χ2n) is 23.9. The van der Waals surface area contributed by atoms with E-state index < -0.39 is 0 Å². The third-order valence-corrected chi connectivity index (χ3v) is 20.3. The number of rotatable bonds is 6. The van der Waals surface area contributed by atoms with Crippen LogP contribution < -0.4 is 0 Å². The highest BCUT2D eigenvalue weighted by molar-refractivity contribution is 6.51. The first-order valence-corrected chi connectivity index (χ1v) is 30.1. The van der Waals surface area contributed by atoms with Crippen molar-refractivity contribution in [1.82, 2.24) is 0 Å². The molecule has 0 radical (unpaired) electrons. The van der Waals surface area contributed by atoms with Crippen LogP contribution in [0.25, 0.3) is 208 Å². The van der Waals surface area contributed by atoms with Gasteiger partial charge in [0.1, 0.15) is 0 Å². The average Bonchev–Trinajstić information content (AvgIpc) is 3.54. The molecule has 0 unspecified atom stereocenters. The highest BCUT2D eigenvalue weighted by atomic mass is 14.4. The molecular weight excluding hydrogens is 1010 g/mol. The second kappa shape index (κ2) is 16.2. The van der Waals surface area contributed by atoms with Crippen LogP contribution in [0.2, 0.25) is 0 Å². The number of hydrogen-bond acceptors (Lipinski definition) is 0. The van der Waals surface area contributed by atoms with Crippen LogP contribution in [-0.2, 0) is 12.8 Å². The lowest BCUT2D eigenvalue weighted by Gasteiger charge is -2.19. The van der Waals surface area contributed by atoms with Gasteiger partial charge in [-0.1, -0.05) is 257 Å². The molecule has 0 aliphatic heterocycles. The average molecular weight is 1060 g/mol. The van der Waals surface area contributed by atoms with Gasteiger partial charge in [-0.2, -0.15) is 0 Å². The molecule has 18 aromatic rings. The van der Waals surface area contributed by atoms with Gasteiger partial charge in [0.25, 0.3) is 0 Å². The Balaban J connectivity index is 0.932. The molecule has 0 fully saturated rings. The normalized spacial score (nSPS) is 12.7. The lowest BCUT2D eigenvalue weighted by molar-refractivity contribution is 1.16. The molecule has 0 amide bonds. The number of benzene rings is 16. The van der Waals surface area contributed by atoms with Crippen molar-refractivity contribution >= 4 is 118 Å². The Morgan fingerprint density at radius 3 is 0.774 bits per heavy atom. The molecule has 20 rings (SSSR count). The van der Waals surface area contributed by atoms with Crippen molar-refractivity contribution in [3.8, 4) is 89.0 Å². The lowest BCUT2D eigenvalue weighted by Crippen LogP contribution is -1.95. The van der Waals surface area contributed by atoms with Gasteiger partial charge in [-0.15, -0.1) is 0 Å². The molecule has 0 saturated heterocycles. The van der Waals surface area contributed by atoms with Gasteiger partial charge in [0, 0.05) is 0 Å². The minimum Gasteiger partial charge on any atom is -0.0622 e. The number of aryl methyl sites for hydroxylation is 2. The standard InChI is InChI=1S/C84H50/c1-3-49-51-29-17-19-31-53(51)67(45-21-9-5-10-22-45)79-61-38-34-56-58-36-40-64-77-63(39-35-57(74(58)77)55-33-37-59(71(49)79)75(61)73(55)56)81-69(47-25-13-7-14-26-47)83-65-42-41-60-72-50(4-2)52-30-18-20-32-54(52)68(46-23-11-6-12-24-46)80(72)62-43-44-66(78(65)76(60)62)84(83)70(82(64)81)48-27-15-8-16-28-48/h5-44H,3-4H2,1-2H3. The fourth-order valence-corrected chi connectivity index (χ4v) is 17.4. The van der Waals surface area contributed by atoms with E-state index in [1.165, 1.54) is 219 Å². The van der Waals surface area contributed by atoms with Crippen LogP contribution in [0.1, 0.15) is 25.0 Å². The Hall–Kier alpha value is -10.4. The zero-order valence-corrected chi connectivity index (χ0v) is 46.5. The summed E-state index contributed by atoms with van der Waals surface area (Å²) in [5, 5.41) is 29.6. The van der Waals surface area contributed by atoms with Crippen LogP contribution in [0.3, 0.4) is 0 Å². The summed E-state index contributed by atoms with van der Waals surface area (Å²) in [6, 6.07) is 93.2. The molecular formula is C84H50. The van der Waals surface area contributed by atoms with Crippen LogP contribution in [0.5, 0.6) is 0 Å². The molecule has 0 spiro atoms. The van der Waals surface area contributed by atoms with Crippen LogP contribution in [0, 0.1) is 0 Å². The Bertz CT molecular complexity index is 5780. The van der Waals surface area contributed by atoms with Gasteiger partial charge in [0.2, 0.25) is 0 Å². The first-order chi connectivity index (χ1) is 41.7. The van der Waals surface area contributed by atoms with Crippen LogP contribution in [-0.4, -0.2) is 0 Å². The monoisotopic (exact) mass is 1060 g/mol. The van der Waals surface area contributed by atoms with Crippen molar-refractivity contribution in [2.24, 2.45) is 0 Å². The quantitative estimate of drug-likeness (QED) is 0.115. The SMILES string of the molecule is CCc1c2c(c(-c3ccccc3)c3ccccc13)-c1ccc3c4ccc5c6c(-c7ccccc7)c7c8ccc9c%10c(ccc(c7c(-c7ccccc7)c6c6ccc(c7ccc-2c1c73)c4c65)c%108)-c1c-9c(-c2ccccc2)c2ccccc2c1CC. The van der Waals surface area contributed by atoms with Crippen LogP contribution in [0.15, 0.2) is 243 Å². The van der Waals surface area contributed by atoms with E-state index in [2.05, 4.69) is 257 Å². The molecule has 0 heteroatoms. The summed E-state index contributed by atoms with van der Waals surface area (Å²) < 4.78 is 0. The highest BCUT2D eigenvalue weighted by Crippen LogP contribution is 2.63. The van der Waals surface area contributed by atoms with E-state index in [9.17, 15) is 0 Å². The van der Waals surface area contributed by atoms with Gasteiger partial charge in [-0.05, 0) is 231 Å². The maximum absolute atomic E-state index is 2.51. The molecule has 0 nitrogen and oxygen atoms in total. The third kappa shape index (κ3) is 5.38. The van der Waals surface area contributed by atoms with E-state index in [-0.39, 0.29) is 0 Å². The summed E-state index contributed by atoms with van der Waals surface area (Å²) in [5.41, 5.74) is 24.2. The van der Waals surface area contributed by atoms with Gasteiger partial charge < -0.3 is 0 Å². The maximum Gasteiger partial charge on any atom is -0.000717 e. The fraction of sp³-hybridized carbons (Fsp3) is 0.0476. The minimum absolute atomic E-state index is 0.948. The molecule has 2 aliphatic rings. The van der Waals surface area contributed by atoms with Crippen molar-refractivity contribution < 1.29 is 0 Å². The van der Waals surface area contributed by atoms with E-state index in [0.29, 0.717) is 0 Å². The Kier molecular flexibility index (Phi) is 8.72. The van der Waals surface area contributed by atoms with E-state index in [1.807, 2.05) is 0 Å². The van der Waals surface area contributed by atoms with Crippen molar-refractivity contribution in [2.75, 3.05) is 0 Å². The van der Waals surface area contributed by atoms with Gasteiger partial charge in [-0.25, -0.2) is 0 Å². The molecule has 0 heterocycles. The van der Waals surface area contributed by atoms with E-state index >= 15 is 0 Å². The molecule has 386 valence electrons.